The Morgan fingerprint density at radius 1 is 1.14 bits per heavy atom. The van der Waals surface area contributed by atoms with E-state index in [9.17, 15) is 28.0 Å². The molecule has 3 rings (SSSR count). The number of para-hydroxylation sites is 1. The number of hydrogen-bond acceptors (Lipinski definition) is 7. The third-order valence-electron chi connectivity index (χ3n) is 3.64. The summed E-state index contributed by atoms with van der Waals surface area (Å²) in [5, 5.41) is 11.2. The van der Waals surface area contributed by atoms with Crippen LogP contribution < -0.4 is 9.25 Å². The Balaban J connectivity index is 1.75. The molecule has 1 atom stereocenters. The van der Waals surface area contributed by atoms with Gasteiger partial charge < -0.3 is 9.42 Å². The molecule has 0 amide bonds. The predicted octanol–water partition coefficient (Wildman–Crippen LogP) is 2.64. The maximum atomic E-state index is 12.6. The maximum absolute atomic E-state index is 12.6. The molecule has 0 fully saturated rings. The van der Waals surface area contributed by atoms with E-state index < -0.39 is 28.8 Å². The first-order valence-corrected chi connectivity index (χ1v) is 11.0. The van der Waals surface area contributed by atoms with Crippen molar-refractivity contribution in [2.45, 2.75) is 4.90 Å². The molecule has 0 saturated heterocycles. The van der Waals surface area contributed by atoms with Crippen molar-refractivity contribution in [1.29, 1.82) is 0 Å². The summed E-state index contributed by atoms with van der Waals surface area (Å²) in [6, 6.07) is 12.4. The second-order valence-corrected chi connectivity index (χ2v) is 9.13. The van der Waals surface area contributed by atoms with Crippen molar-refractivity contribution < 1.29 is 27.3 Å². The van der Waals surface area contributed by atoms with Crippen LogP contribution in [0.15, 0.2) is 65.7 Å². The van der Waals surface area contributed by atoms with E-state index in [-0.39, 0.29) is 21.8 Å². The Morgan fingerprint density at radius 3 is 2.50 bits per heavy atom. The van der Waals surface area contributed by atoms with Gasteiger partial charge in [-0.15, -0.1) is 0 Å². The standard InChI is InChI=1S/C16H14N3O7PS/c20-19(21)13-6-8-14(9-7-13)26-27(22,23)11-18-28(24,25)15-5-1-3-12-4-2-10-17-16(12)15/h1-10,18H,11H2,(H,22,23). The smallest absolute Gasteiger partial charge is 0.391 e. The molecule has 1 heterocycles. The Labute approximate surface area is 159 Å². The molecule has 2 aromatic carbocycles. The molecule has 0 aliphatic carbocycles. The fourth-order valence-corrected chi connectivity index (χ4v) is 5.05. The van der Waals surface area contributed by atoms with Crippen LogP contribution in [-0.2, 0) is 14.6 Å². The highest BCUT2D eigenvalue weighted by molar-refractivity contribution is 7.90. The average molecular weight is 423 g/mol. The van der Waals surface area contributed by atoms with Gasteiger partial charge in [0.2, 0.25) is 10.0 Å². The van der Waals surface area contributed by atoms with Crippen LogP contribution in [-0.4, -0.2) is 29.5 Å². The molecule has 1 aromatic heterocycles. The number of nitrogens with one attached hydrogen (secondary N) is 1. The van der Waals surface area contributed by atoms with Gasteiger partial charge in [0.15, 0.2) is 0 Å². The van der Waals surface area contributed by atoms with Gasteiger partial charge in [-0.25, -0.2) is 13.0 Å². The molecule has 3 aromatic rings. The number of aromatic nitrogens is 1. The lowest BCUT2D eigenvalue weighted by atomic mass is 10.2. The lowest BCUT2D eigenvalue weighted by Crippen LogP contribution is -2.26. The van der Waals surface area contributed by atoms with Crippen LogP contribution in [0.2, 0.25) is 0 Å². The normalized spacial score (nSPS) is 13.8. The van der Waals surface area contributed by atoms with Crippen molar-refractivity contribution in [1.82, 2.24) is 9.71 Å². The predicted molar refractivity (Wildman–Crippen MR) is 100 cm³/mol. The fourth-order valence-electron chi connectivity index (χ4n) is 2.36. The molecule has 0 aliphatic rings. The van der Waals surface area contributed by atoms with Gasteiger partial charge in [-0.2, -0.15) is 4.72 Å². The van der Waals surface area contributed by atoms with Crippen molar-refractivity contribution >= 4 is 34.2 Å². The number of non-ortho nitro benzene ring substituents is 1. The zero-order valence-corrected chi connectivity index (χ0v) is 15.8. The Hall–Kier alpha value is -2.85. The third kappa shape index (κ3) is 4.52. The summed E-state index contributed by atoms with van der Waals surface area (Å²) in [6.07, 6.45) is 0.547. The largest absolute Gasteiger partial charge is 0.424 e. The highest BCUT2D eigenvalue weighted by atomic mass is 32.2. The van der Waals surface area contributed by atoms with Gasteiger partial charge in [0.05, 0.1) is 10.4 Å². The van der Waals surface area contributed by atoms with Crippen molar-refractivity contribution in [3.8, 4) is 5.75 Å². The van der Waals surface area contributed by atoms with Crippen LogP contribution in [0, 0.1) is 10.1 Å². The summed E-state index contributed by atoms with van der Waals surface area (Å²) in [7, 11) is -8.56. The lowest BCUT2D eigenvalue weighted by Gasteiger charge is -2.14. The van der Waals surface area contributed by atoms with E-state index in [1.54, 1.807) is 18.2 Å². The summed E-state index contributed by atoms with van der Waals surface area (Å²) in [5.41, 5.74) is 0.00541. The van der Waals surface area contributed by atoms with E-state index in [0.717, 1.165) is 24.3 Å². The van der Waals surface area contributed by atoms with Crippen LogP contribution in [0.5, 0.6) is 5.75 Å². The number of fused-ring (bicyclic) bond motifs is 1. The second kappa shape index (κ2) is 7.64. The van der Waals surface area contributed by atoms with E-state index in [2.05, 4.69) is 4.98 Å². The number of nitrogens with zero attached hydrogens (tertiary/aromatic N) is 2. The van der Waals surface area contributed by atoms with Crippen LogP contribution in [0.1, 0.15) is 0 Å². The maximum Gasteiger partial charge on any atom is 0.391 e. The van der Waals surface area contributed by atoms with Gasteiger partial charge >= 0.3 is 7.60 Å². The van der Waals surface area contributed by atoms with Gasteiger partial charge in [-0.3, -0.25) is 15.1 Å². The molecule has 28 heavy (non-hydrogen) atoms. The summed E-state index contributed by atoms with van der Waals surface area (Å²) in [4.78, 5) is 23.8. The molecule has 0 radical (unpaired) electrons. The SMILES string of the molecule is O=[N+]([O-])c1ccc(OP(=O)(O)CNS(=O)(=O)c2cccc3cccnc23)cc1. The molecule has 1 unspecified atom stereocenters. The molecular formula is C16H14N3O7PS. The van der Waals surface area contributed by atoms with Gasteiger partial charge in [0.25, 0.3) is 5.69 Å². The van der Waals surface area contributed by atoms with E-state index >= 15 is 0 Å². The molecular weight excluding hydrogens is 409 g/mol. The highest BCUT2D eigenvalue weighted by Gasteiger charge is 2.26. The molecule has 0 aliphatic heterocycles. The van der Waals surface area contributed by atoms with Crippen LogP contribution in [0.3, 0.4) is 0 Å². The second-order valence-electron chi connectivity index (χ2n) is 5.62. The molecule has 0 spiro atoms. The number of hydrogen-bond donors (Lipinski definition) is 2. The van der Waals surface area contributed by atoms with E-state index in [0.29, 0.717) is 5.39 Å². The monoisotopic (exact) mass is 423 g/mol. The average Bonchev–Trinajstić information content (AvgIpc) is 2.66. The first kappa shape index (κ1) is 19.9. The molecule has 0 saturated carbocycles. The van der Waals surface area contributed by atoms with Crippen LogP contribution in [0.4, 0.5) is 5.69 Å². The number of rotatable bonds is 7. The first-order chi connectivity index (χ1) is 13.2. The zero-order chi connectivity index (χ0) is 20.4. The fraction of sp³-hybridized carbons (Fsp3) is 0.0625. The molecule has 10 nitrogen and oxygen atoms in total. The summed E-state index contributed by atoms with van der Waals surface area (Å²) < 4.78 is 44.2. The quantitative estimate of drug-likeness (QED) is 0.335. The zero-order valence-electron chi connectivity index (χ0n) is 14.1. The molecule has 0 bridgehead atoms. The minimum atomic E-state index is -4.41. The van der Waals surface area contributed by atoms with Crippen LogP contribution >= 0.6 is 7.60 Å². The van der Waals surface area contributed by atoms with Gasteiger partial charge in [-0.1, -0.05) is 18.2 Å². The summed E-state index contributed by atoms with van der Waals surface area (Å²) >= 11 is 0. The highest BCUT2D eigenvalue weighted by Crippen LogP contribution is 2.42. The van der Waals surface area contributed by atoms with E-state index in [1.165, 1.54) is 18.3 Å². The molecule has 146 valence electrons. The number of benzene rings is 2. The van der Waals surface area contributed by atoms with Crippen molar-refractivity contribution in [2.75, 3.05) is 6.29 Å². The number of nitro benzene ring substituents is 1. The minimum Gasteiger partial charge on any atom is -0.424 e. The van der Waals surface area contributed by atoms with Crippen molar-refractivity contribution in [3.05, 3.63) is 70.9 Å². The van der Waals surface area contributed by atoms with Gasteiger partial charge in [0, 0.05) is 23.7 Å². The lowest BCUT2D eigenvalue weighted by molar-refractivity contribution is -0.384. The molecule has 12 heteroatoms. The topological polar surface area (TPSA) is 149 Å². The van der Waals surface area contributed by atoms with E-state index in [4.69, 9.17) is 4.52 Å². The minimum absolute atomic E-state index is 0.109. The van der Waals surface area contributed by atoms with Crippen LogP contribution in [0.25, 0.3) is 10.9 Å². The van der Waals surface area contributed by atoms with Crippen molar-refractivity contribution in [3.63, 3.8) is 0 Å². The Bertz CT molecular complexity index is 1180. The van der Waals surface area contributed by atoms with Crippen molar-refractivity contribution in [2.24, 2.45) is 0 Å². The number of pyridine rings is 1. The van der Waals surface area contributed by atoms with E-state index in [1.807, 2.05) is 4.72 Å². The molecule has 2 N–H and O–H groups in total. The summed E-state index contributed by atoms with van der Waals surface area (Å²) in [5.74, 6) is -0.109. The summed E-state index contributed by atoms with van der Waals surface area (Å²) in [6.45, 7) is 0. The Kier molecular flexibility index (Phi) is 5.43. The van der Waals surface area contributed by atoms with Gasteiger partial charge in [0.1, 0.15) is 16.9 Å². The van der Waals surface area contributed by atoms with Gasteiger partial charge in [-0.05, 0) is 24.3 Å². The Morgan fingerprint density at radius 2 is 1.82 bits per heavy atom. The number of nitro groups is 1. The first-order valence-electron chi connectivity index (χ1n) is 7.77. The third-order valence-corrected chi connectivity index (χ3v) is 6.34. The number of sulfonamides is 1.